The molecular formula is C10H8Br2FN3. The van der Waals surface area contributed by atoms with Gasteiger partial charge in [-0.3, -0.25) is 0 Å². The molecule has 0 aliphatic heterocycles. The van der Waals surface area contributed by atoms with E-state index in [0.717, 1.165) is 15.7 Å². The van der Waals surface area contributed by atoms with Crippen LogP contribution in [-0.4, -0.2) is 15.0 Å². The predicted octanol–water partition coefficient (Wildman–Crippen LogP) is 3.12. The Morgan fingerprint density at radius 2 is 2.19 bits per heavy atom. The maximum Gasteiger partial charge on any atom is 0.123 e. The number of benzene rings is 1. The average molecular weight is 349 g/mol. The number of alkyl halides is 1. The molecule has 16 heavy (non-hydrogen) atoms. The molecule has 0 bridgehead atoms. The number of rotatable bonds is 3. The minimum Gasteiger partial charge on any atom is -0.248 e. The van der Waals surface area contributed by atoms with Crippen molar-refractivity contribution >= 4 is 31.9 Å². The van der Waals surface area contributed by atoms with Crippen LogP contribution in [0.1, 0.15) is 11.3 Å². The molecule has 0 radical (unpaired) electrons. The molecule has 0 N–H and O–H groups in total. The van der Waals surface area contributed by atoms with Crippen LogP contribution in [0.4, 0.5) is 4.39 Å². The summed E-state index contributed by atoms with van der Waals surface area (Å²) in [7, 11) is 0. The summed E-state index contributed by atoms with van der Waals surface area (Å²) in [6.07, 6.45) is 1.83. The standard InChI is InChI=1S/C10H8Br2FN3/c11-4-9-6-16(15-14-9)5-7-3-8(13)1-2-10(7)12/h1-3,6H,4-5H2. The first-order chi connectivity index (χ1) is 7.69. The molecule has 84 valence electrons. The third-order valence-corrected chi connectivity index (χ3v) is 3.41. The fraction of sp³-hybridized carbons (Fsp3) is 0.200. The van der Waals surface area contributed by atoms with Crippen LogP contribution in [0.3, 0.4) is 0 Å². The van der Waals surface area contributed by atoms with Gasteiger partial charge in [0.25, 0.3) is 0 Å². The van der Waals surface area contributed by atoms with E-state index in [-0.39, 0.29) is 5.82 Å². The van der Waals surface area contributed by atoms with Gasteiger partial charge in [0.1, 0.15) is 5.82 Å². The van der Waals surface area contributed by atoms with E-state index in [1.807, 2.05) is 6.20 Å². The van der Waals surface area contributed by atoms with E-state index in [1.165, 1.54) is 12.1 Å². The summed E-state index contributed by atoms with van der Waals surface area (Å²) >= 11 is 6.67. The number of halogens is 3. The van der Waals surface area contributed by atoms with Gasteiger partial charge in [-0.15, -0.1) is 5.10 Å². The second-order valence-corrected chi connectivity index (χ2v) is 4.69. The van der Waals surface area contributed by atoms with Crippen molar-refractivity contribution in [3.05, 3.63) is 45.9 Å². The highest BCUT2D eigenvalue weighted by molar-refractivity contribution is 9.10. The third-order valence-electron chi connectivity index (χ3n) is 2.06. The van der Waals surface area contributed by atoms with Crippen LogP contribution in [0, 0.1) is 5.82 Å². The molecule has 1 aromatic carbocycles. The van der Waals surface area contributed by atoms with Gasteiger partial charge in [0.15, 0.2) is 0 Å². The number of aromatic nitrogens is 3. The van der Waals surface area contributed by atoms with Crippen molar-refractivity contribution in [1.82, 2.24) is 15.0 Å². The lowest BCUT2D eigenvalue weighted by molar-refractivity contribution is 0.613. The first kappa shape index (κ1) is 11.7. The molecule has 0 atom stereocenters. The van der Waals surface area contributed by atoms with Gasteiger partial charge < -0.3 is 0 Å². The summed E-state index contributed by atoms with van der Waals surface area (Å²) in [6.45, 7) is 0.498. The van der Waals surface area contributed by atoms with Crippen molar-refractivity contribution in [2.75, 3.05) is 0 Å². The minimum absolute atomic E-state index is 0.251. The molecular weight excluding hydrogens is 341 g/mol. The molecule has 0 fully saturated rings. The highest BCUT2D eigenvalue weighted by Gasteiger charge is 2.05. The topological polar surface area (TPSA) is 30.7 Å². The lowest BCUT2D eigenvalue weighted by Crippen LogP contribution is -2.01. The van der Waals surface area contributed by atoms with Crippen LogP contribution in [0.25, 0.3) is 0 Å². The second-order valence-electron chi connectivity index (χ2n) is 3.28. The maximum absolute atomic E-state index is 13.0. The Balaban J connectivity index is 2.22. The summed E-state index contributed by atoms with van der Waals surface area (Å²) < 4.78 is 15.6. The van der Waals surface area contributed by atoms with Crippen LogP contribution in [0.15, 0.2) is 28.9 Å². The molecule has 0 saturated carbocycles. The molecule has 2 aromatic rings. The molecule has 6 heteroatoms. The predicted molar refractivity (Wildman–Crippen MR) is 65.9 cm³/mol. The van der Waals surface area contributed by atoms with Gasteiger partial charge in [-0.25, -0.2) is 9.07 Å². The van der Waals surface area contributed by atoms with Gasteiger partial charge >= 0.3 is 0 Å². The van der Waals surface area contributed by atoms with Crippen molar-refractivity contribution in [2.45, 2.75) is 11.9 Å². The van der Waals surface area contributed by atoms with Crippen LogP contribution in [0.5, 0.6) is 0 Å². The second kappa shape index (κ2) is 5.05. The SMILES string of the molecule is Fc1ccc(Br)c(Cn2cc(CBr)nn2)c1. The quantitative estimate of drug-likeness (QED) is 0.798. The number of hydrogen-bond acceptors (Lipinski definition) is 2. The zero-order valence-electron chi connectivity index (χ0n) is 8.20. The molecule has 2 rings (SSSR count). The molecule has 3 nitrogen and oxygen atoms in total. The van der Waals surface area contributed by atoms with Crippen molar-refractivity contribution in [2.24, 2.45) is 0 Å². The normalized spacial score (nSPS) is 10.7. The third kappa shape index (κ3) is 2.68. The Morgan fingerprint density at radius 3 is 2.88 bits per heavy atom. The van der Waals surface area contributed by atoms with Gasteiger partial charge in [0.2, 0.25) is 0 Å². The Kier molecular flexibility index (Phi) is 3.70. The zero-order chi connectivity index (χ0) is 11.5. The summed E-state index contributed by atoms with van der Waals surface area (Å²) in [6, 6.07) is 4.59. The summed E-state index contributed by atoms with van der Waals surface area (Å²) in [4.78, 5) is 0. The number of nitrogens with zero attached hydrogens (tertiary/aromatic N) is 3. The fourth-order valence-electron chi connectivity index (χ4n) is 1.32. The lowest BCUT2D eigenvalue weighted by Gasteiger charge is -2.03. The van der Waals surface area contributed by atoms with Crippen molar-refractivity contribution in [3.8, 4) is 0 Å². The molecule has 0 amide bonds. The van der Waals surface area contributed by atoms with E-state index < -0.39 is 0 Å². The van der Waals surface area contributed by atoms with Gasteiger partial charge in [0.05, 0.1) is 12.2 Å². The summed E-state index contributed by atoms with van der Waals surface area (Å²) in [5.41, 5.74) is 1.69. The van der Waals surface area contributed by atoms with Gasteiger partial charge in [-0.1, -0.05) is 37.1 Å². The monoisotopic (exact) mass is 347 g/mol. The summed E-state index contributed by atoms with van der Waals surface area (Å²) in [5.74, 6) is -0.251. The van der Waals surface area contributed by atoms with Crippen molar-refractivity contribution in [3.63, 3.8) is 0 Å². The molecule has 1 heterocycles. The van der Waals surface area contributed by atoms with Gasteiger partial charge in [0, 0.05) is 16.0 Å². The van der Waals surface area contributed by atoms with E-state index in [9.17, 15) is 4.39 Å². The Morgan fingerprint density at radius 1 is 1.38 bits per heavy atom. The largest absolute Gasteiger partial charge is 0.248 e. The van der Waals surface area contributed by atoms with Crippen LogP contribution in [0.2, 0.25) is 0 Å². The Hall–Kier alpha value is -0.750. The molecule has 1 aromatic heterocycles. The molecule has 0 aliphatic rings. The maximum atomic E-state index is 13.0. The van der Waals surface area contributed by atoms with E-state index in [0.29, 0.717) is 11.9 Å². The van der Waals surface area contributed by atoms with E-state index in [1.54, 1.807) is 10.7 Å². The van der Waals surface area contributed by atoms with Crippen molar-refractivity contribution in [1.29, 1.82) is 0 Å². The van der Waals surface area contributed by atoms with Crippen LogP contribution in [-0.2, 0) is 11.9 Å². The molecule has 0 aliphatic carbocycles. The van der Waals surface area contributed by atoms with Gasteiger partial charge in [-0.05, 0) is 23.8 Å². The lowest BCUT2D eigenvalue weighted by atomic mass is 10.2. The number of hydrogen-bond donors (Lipinski definition) is 0. The molecule has 0 saturated heterocycles. The highest BCUT2D eigenvalue weighted by atomic mass is 79.9. The van der Waals surface area contributed by atoms with E-state index in [4.69, 9.17) is 0 Å². The zero-order valence-corrected chi connectivity index (χ0v) is 11.4. The molecule has 0 unspecified atom stereocenters. The van der Waals surface area contributed by atoms with E-state index in [2.05, 4.69) is 42.2 Å². The fourth-order valence-corrected chi connectivity index (χ4v) is 1.94. The summed E-state index contributed by atoms with van der Waals surface area (Å²) in [5, 5.41) is 8.55. The smallest absolute Gasteiger partial charge is 0.123 e. The van der Waals surface area contributed by atoms with Crippen LogP contribution >= 0.6 is 31.9 Å². The Labute approximate surface area is 109 Å². The first-order valence-electron chi connectivity index (χ1n) is 4.58. The van der Waals surface area contributed by atoms with Crippen molar-refractivity contribution < 1.29 is 4.39 Å². The highest BCUT2D eigenvalue weighted by Crippen LogP contribution is 2.18. The van der Waals surface area contributed by atoms with E-state index >= 15 is 0 Å². The van der Waals surface area contributed by atoms with Crippen LogP contribution < -0.4 is 0 Å². The van der Waals surface area contributed by atoms with Gasteiger partial charge in [-0.2, -0.15) is 0 Å². The minimum atomic E-state index is -0.251. The average Bonchev–Trinajstić information content (AvgIpc) is 2.71. The first-order valence-corrected chi connectivity index (χ1v) is 6.49. The Bertz CT molecular complexity index is 499. The molecule has 0 spiro atoms.